The zero-order valence-electron chi connectivity index (χ0n) is 17.0. The number of nitrogens with zero attached hydrogens (tertiary/aromatic N) is 1. The Morgan fingerprint density at radius 3 is 1.81 bits per heavy atom. The van der Waals surface area contributed by atoms with E-state index >= 15 is 0 Å². The summed E-state index contributed by atoms with van der Waals surface area (Å²) in [4.78, 5) is 38.0. The van der Waals surface area contributed by atoms with Gasteiger partial charge < -0.3 is 9.47 Å². The second-order valence-corrected chi connectivity index (χ2v) is 8.37. The van der Waals surface area contributed by atoms with Crippen LogP contribution in [0.15, 0.2) is 30.3 Å². The summed E-state index contributed by atoms with van der Waals surface area (Å²) < 4.78 is 10.5. The van der Waals surface area contributed by atoms with Crippen LogP contribution < -0.4 is 0 Å². The SMILES string of the molecule is CC(=O)C(Cc1ccccc1)(C(=O)OC(C)(C)C)N(O)C(=O)OC(C)(C)C. The van der Waals surface area contributed by atoms with Crippen LogP contribution in [-0.4, -0.2) is 44.9 Å². The Morgan fingerprint density at radius 1 is 0.926 bits per heavy atom. The highest BCUT2D eigenvalue weighted by Crippen LogP contribution is 2.27. The minimum absolute atomic E-state index is 0.0572. The molecular weight excluding hydrogens is 350 g/mol. The van der Waals surface area contributed by atoms with Gasteiger partial charge in [0.25, 0.3) is 0 Å². The van der Waals surface area contributed by atoms with Gasteiger partial charge in [0.05, 0.1) is 0 Å². The number of carbonyl (C=O) groups is 3. The summed E-state index contributed by atoms with van der Waals surface area (Å²) in [7, 11) is 0. The third-order valence-electron chi connectivity index (χ3n) is 3.55. The normalized spacial score (nSPS) is 14.1. The molecule has 0 aliphatic heterocycles. The van der Waals surface area contributed by atoms with Crippen LogP contribution >= 0.6 is 0 Å². The maximum absolute atomic E-state index is 13.0. The molecule has 1 unspecified atom stereocenters. The molecule has 1 aromatic carbocycles. The van der Waals surface area contributed by atoms with Crippen LogP contribution in [-0.2, 0) is 25.5 Å². The third-order valence-corrected chi connectivity index (χ3v) is 3.55. The Morgan fingerprint density at radius 2 is 1.41 bits per heavy atom. The Kier molecular flexibility index (Phi) is 6.78. The first-order valence-electron chi connectivity index (χ1n) is 8.69. The lowest BCUT2D eigenvalue weighted by molar-refractivity contribution is -0.201. The van der Waals surface area contributed by atoms with E-state index in [2.05, 4.69) is 0 Å². The first kappa shape index (κ1) is 22.6. The molecule has 0 aliphatic carbocycles. The van der Waals surface area contributed by atoms with Crippen LogP contribution in [0, 0.1) is 0 Å². The van der Waals surface area contributed by atoms with Crippen molar-refractivity contribution in [3.8, 4) is 0 Å². The number of hydroxylamine groups is 2. The van der Waals surface area contributed by atoms with E-state index in [1.54, 1.807) is 71.9 Å². The monoisotopic (exact) mass is 379 g/mol. The maximum Gasteiger partial charge on any atom is 0.435 e. The van der Waals surface area contributed by atoms with Gasteiger partial charge >= 0.3 is 12.1 Å². The fraction of sp³-hybridized carbons (Fsp3) is 0.550. The van der Waals surface area contributed by atoms with Crippen molar-refractivity contribution in [2.45, 2.75) is 71.6 Å². The van der Waals surface area contributed by atoms with Gasteiger partial charge in [0.1, 0.15) is 11.2 Å². The molecule has 0 bridgehead atoms. The van der Waals surface area contributed by atoms with E-state index in [1.165, 1.54) is 0 Å². The largest absolute Gasteiger partial charge is 0.458 e. The number of ether oxygens (including phenoxy) is 2. The molecule has 0 heterocycles. The van der Waals surface area contributed by atoms with Crippen molar-refractivity contribution < 1.29 is 29.1 Å². The van der Waals surface area contributed by atoms with Crippen molar-refractivity contribution in [2.75, 3.05) is 0 Å². The van der Waals surface area contributed by atoms with Gasteiger partial charge in [-0.05, 0) is 54.0 Å². The van der Waals surface area contributed by atoms with Crippen LogP contribution in [0.25, 0.3) is 0 Å². The van der Waals surface area contributed by atoms with Gasteiger partial charge in [0.15, 0.2) is 5.78 Å². The quantitative estimate of drug-likeness (QED) is 0.364. The zero-order valence-corrected chi connectivity index (χ0v) is 17.0. The molecule has 0 aliphatic rings. The summed E-state index contributed by atoms with van der Waals surface area (Å²) in [6, 6.07) is 8.60. The molecule has 0 spiro atoms. The second-order valence-electron chi connectivity index (χ2n) is 8.37. The van der Waals surface area contributed by atoms with E-state index in [4.69, 9.17) is 9.47 Å². The first-order valence-corrected chi connectivity index (χ1v) is 8.69. The number of esters is 1. The number of amides is 1. The molecule has 0 saturated heterocycles. The van der Waals surface area contributed by atoms with Gasteiger partial charge in [0, 0.05) is 6.42 Å². The highest BCUT2D eigenvalue weighted by Gasteiger charge is 2.54. The van der Waals surface area contributed by atoms with Gasteiger partial charge in [-0.15, -0.1) is 0 Å². The number of hydrogen-bond acceptors (Lipinski definition) is 6. The van der Waals surface area contributed by atoms with Crippen LogP contribution in [0.3, 0.4) is 0 Å². The lowest BCUT2D eigenvalue weighted by Crippen LogP contribution is -2.63. The molecule has 27 heavy (non-hydrogen) atoms. The number of ketones is 1. The van der Waals surface area contributed by atoms with Crippen molar-refractivity contribution in [1.29, 1.82) is 0 Å². The third kappa shape index (κ3) is 6.06. The minimum Gasteiger partial charge on any atom is -0.458 e. The Bertz CT molecular complexity index is 687. The molecule has 0 fully saturated rings. The predicted octanol–water partition coefficient (Wildman–Crippen LogP) is 3.52. The summed E-state index contributed by atoms with van der Waals surface area (Å²) in [6.45, 7) is 10.9. The predicted molar refractivity (Wildman–Crippen MR) is 99.3 cm³/mol. The van der Waals surface area contributed by atoms with E-state index in [9.17, 15) is 19.6 Å². The highest BCUT2D eigenvalue weighted by molar-refractivity contribution is 6.09. The van der Waals surface area contributed by atoms with Gasteiger partial charge in [-0.25, -0.2) is 9.59 Å². The minimum atomic E-state index is -2.27. The van der Waals surface area contributed by atoms with Gasteiger partial charge in [0.2, 0.25) is 5.54 Å². The number of hydrogen-bond donors (Lipinski definition) is 1. The Balaban J connectivity index is 3.44. The summed E-state index contributed by atoms with van der Waals surface area (Å²) in [5.41, 5.74) is -3.55. The fourth-order valence-corrected chi connectivity index (χ4v) is 2.37. The van der Waals surface area contributed by atoms with Gasteiger partial charge in [-0.3, -0.25) is 10.0 Å². The molecule has 150 valence electrons. The van der Waals surface area contributed by atoms with Crippen molar-refractivity contribution in [2.24, 2.45) is 0 Å². The summed E-state index contributed by atoms with van der Waals surface area (Å²) in [5.74, 6) is -1.77. The summed E-state index contributed by atoms with van der Waals surface area (Å²) in [6.07, 6.45) is -1.46. The maximum atomic E-state index is 13.0. The highest BCUT2D eigenvalue weighted by atomic mass is 16.6. The fourth-order valence-electron chi connectivity index (χ4n) is 2.37. The van der Waals surface area contributed by atoms with Crippen molar-refractivity contribution in [3.05, 3.63) is 35.9 Å². The topological polar surface area (TPSA) is 93.1 Å². The van der Waals surface area contributed by atoms with Crippen LogP contribution in [0.4, 0.5) is 4.79 Å². The molecule has 0 radical (unpaired) electrons. The zero-order chi connectivity index (χ0) is 21.0. The molecular formula is C20H29NO6. The lowest BCUT2D eigenvalue weighted by Gasteiger charge is -2.38. The summed E-state index contributed by atoms with van der Waals surface area (Å²) >= 11 is 0. The lowest BCUT2D eigenvalue weighted by atomic mass is 9.86. The molecule has 7 nitrogen and oxygen atoms in total. The van der Waals surface area contributed by atoms with E-state index in [0.29, 0.717) is 5.56 Å². The number of Topliss-reactive ketones (excluding diaryl/α,β-unsaturated/α-hetero) is 1. The molecule has 1 aromatic rings. The molecule has 7 heteroatoms. The molecule has 0 saturated carbocycles. The molecule has 0 aromatic heterocycles. The number of carbonyl (C=O) groups excluding carboxylic acids is 3. The smallest absolute Gasteiger partial charge is 0.435 e. The van der Waals surface area contributed by atoms with Crippen LogP contribution in [0.2, 0.25) is 0 Å². The molecule has 1 rings (SSSR count). The average molecular weight is 379 g/mol. The van der Waals surface area contributed by atoms with Gasteiger partial charge in [-0.2, -0.15) is 5.06 Å². The van der Waals surface area contributed by atoms with Crippen molar-refractivity contribution >= 4 is 17.8 Å². The second kappa shape index (κ2) is 8.08. The first-order chi connectivity index (χ1) is 12.2. The molecule has 1 amide bonds. The average Bonchev–Trinajstić information content (AvgIpc) is 2.49. The summed E-state index contributed by atoms with van der Waals surface area (Å²) in [5, 5.41) is 10.7. The van der Waals surface area contributed by atoms with E-state index in [-0.39, 0.29) is 11.5 Å². The number of rotatable bonds is 5. The van der Waals surface area contributed by atoms with Crippen molar-refractivity contribution in [3.63, 3.8) is 0 Å². The van der Waals surface area contributed by atoms with Crippen molar-refractivity contribution in [1.82, 2.24) is 5.06 Å². The van der Waals surface area contributed by atoms with Gasteiger partial charge in [-0.1, -0.05) is 30.3 Å². The molecule has 1 N–H and O–H groups in total. The number of benzene rings is 1. The molecule has 1 atom stereocenters. The van der Waals surface area contributed by atoms with E-state index in [0.717, 1.165) is 6.92 Å². The Hall–Kier alpha value is -2.41. The van der Waals surface area contributed by atoms with E-state index in [1.807, 2.05) is 0 Å². The standard InChI is InChI=1S/C20H29NO6/c1-14(22)20(16(23)26-18(2,3)4,13-15-11-9-8-10-12-15)21(25)17(24)27-19(5,6)7/h8-12,25H,13H2,1-7H3. The van der Waals surface area contributed by atoms with Crippen LogP contribution in [0.5, 0.6) is 0 Å². The van der Waals surface area contributed by atoms with Crippen LogP contribution in [0.1, 0.15) is 54.0 Å². The Labute approximate surface area is 160 Å². The van der Waals surface area contributed by atoms with E-state index < -0.39 is 34.6 Å².